The van der Waals surface area contributed by atoms with Gasteiger partial charge in [0.2, 0.25) is 5.91 Å². The summed E-state index contributed by atoms with van der Waals surface area (Å²) in [4.78, 5) is 41.3. The number of phenols is 1. The Hall–Kier alpha value is -5.05. The molecule has 0 atom stereocenters. The van der Waals surface area contributed by atoms with Crippen molar-refractivity contribution in [1.82, 2.24) is 15.0 Å². The summed E-state index contributed by atoms with van der Waals surface area (Å²) < 4.78 is 0. The van der Waals surface area contributed by atoms with Crippen molar-refractivity contribution in [1.29, 1.82) is 0 Å². The lowest BCUT2D eigenvalue weighted by Crippen LogP contribution is -2.40. The number of imide groups is 1. The minimum Gasteiger partial charge on any atom is -0.504 e. The highest BCUT2D eigenvalue weighted by Crippen LogP contribution is 2.41. The minimum atomic E-state index is -0.580. The summed E-state index contributed by atoms with van der Waals surface area (Å²) in [7, 11) is 0. The van der Waals surface area contributed by atoms with Crippen LogP contribution < -0.4 is 10.2 Å². The van der Waals surface area contributed by atoms with Gasteiger partial charge in [-0.3, -0.25) is 14.4 Å². The molecule has 4 aromatic carbocycles. The Kier molecular flexibility index (Phi) is 4.62. The third-order valence-electron chi connectivity index (χ3n) is 6.18. The van der Waals surface area contributed by atoms with E-state index in [0.717, 1.165) is 4.90 Å². The molecule has 9 heteroatoms. The Morgan fingerprint density at radius 2 is 1.50 bits per heavy atom. The van der Waals surface area contributed by atoms with Crippen LogP contribution in [0.5, 0.6) is 5.75 Å². The summed E-state index contributed by atoms with van der Waals surface area (Å²) in [6.45, 7) is 3.19. The Bertz CT molecular complexity index is 1720. The maximum absolute atomic E-state index is 13.7. The van der Waals surface area contributed by atoms with Gasteiger partial charge in [-0.15, -0.1) is 15.0 Å². The summed E-state index contributed by atoms with van der Waals surface area (Å²) >= 11 is 0. The molecule has 0 aliphatic carbocycles. The van der Waals surface area contributed by atoms with Crippen molar-refractivity contribution in [3.8, 4) is 11.4 Å². The first-order valence-corrected chi connectivity index (χ1v) is 11.2. The van der Waals surface area contributed by atoms with Crippen molar-refractivity contribution in [2.75, 3.05) is 10.2 Å². The van der Waals surface area contributed by atoms with Crippen LogP contribution in [0.3, 0.4) is 0 Å². The number of amides is 3. The molecule has 0 fully saturated rings. The van der Waals surface area contributed by atoms with E-state index in [-0.39, 0.29) is 23.0 Å². The number of hydrogen-bond acceptors (Lipinski definition) is 6. The van der Waals surface area contributed by atoms with Gasteiger partial charge in [-0.1, -0.05) is 24.3 Å². The molecule has 0 saturated carbocycles. The Morgan fingerprint density at radius 1 is 0.861 bits per heavy atom. The van der Waals surface area contributed by atoms with E-state index < -0.39 is 11.8 Å². The fourth-order valence-electron chi connectivity index (χ4n) is 4.65. The van der Waals surface area contributed by atoms with Gasteiger partial charge in [0, 0.05) is 34.5 Å². The predicted molar refractivity (Wildman–Crippen MR) is 135 cm³/mol. The first kappa shape index (κ1) is 21.5. The number of hydrogen-bond donors (Lipinski definition) is 2. The number of aromatic hydroxyl groups is 1. The second-order valence-electron chi connectivity index (χ2n) is 8.65. The second kappa shape index (κ2) is 7.74. The fraction of sp³-hybridized carbons (Fsp3) is 0.0741. The van der Waals surface area contributed by atoms with E-state index in [9.17, 15) is 19.5 Å². The fourth-order valence-corrected chi connectivity index (χ4v) is 4.65. The topological polar surface area (TPSA) is 117 Å². The molecule has 0 spiro atoms. The van der Waals surface area contributed by atoms with Crippen LogP contribution in [-0.4, -0.2) is 37.8 Å². The average Bonchev–Trinajstić information content (AvgIpc) is 3.29. The smallest absolute Gasteiger partial charge is 0.266 e. The van der Waals surface area contributed by atoms with Gasteiger partial charge in [0.25, 0.3) is 11.8 Å². The quantitative estimate of drug-likeness (QED) is 0.373. The van der Waals surface area contributed by atoms with Gasteiger partial charge < -0.3 is 10.4 Å². The van der Waals surface area contributed by atoms with Gasteiger partial charge in [0.05, 0.1) is 5.69 Å². The molecule has 2 N–H and O–H groups in total. The van der Waals surface area contributed by atoms with Crippen molar-refractivity contribution in [2.24, 2.45) is 0 Å². The van der Waals surface area contributed by atoms with Gasteiger partial charge in [-0.05, 0) is 55.0 Å². The molecule has 3 amide bonds. The number of phenolic OH excluding ortho intramolecular Hbond substituents is 1. The molecular weight excluding hydrogens is 458 g/mol. The summed E-state index contributed by atoms with van der Waals surface area (Å²) in [5.74, 6) is -1.72. The third kappa shape index (κ3) is 3.13. The number of nitrogens with zero attached hydrogens (tertiary/aromatic N) is 4. The number of anilines is 2. The number of rotatable bonds is 3. The van der Waals surface area contributed by atoms with Crippen LogP contribution in [0.25, 0.3) is 27.5 Å². The van der Waals surface area contributed by atoms with Crippen LogP contribution in [0, 0.1) is 6.92 Å². The van der Waals surface area contributed by atoms with E-state index in [2.05, 4.69) is 15.5 Å². The molecule has 0 saturated heterocycles. The zero-order valence-corrected chi connectivity index (χ0v) is 19.3. The Balaban J connectivity index is 1.53. The molecule has 5 aromatic rings. The maximum atomic E-state index is 13.7. The molecule has 1 aromatic heterocycles. The largest absolute Gasteiger partial charge is 0.504 e. The summed E-state index contributed by atoms with van der Waals surface area (Å²) in [6, 6.07) is 18.8. The standard InChI is InChI=1S/C27H19N5O4/c1-14-12-22(25(34)23(13-14)32-29-20-8-3-4-9-21(20)30-32)31-26(35)17-7-5-6-16-19(28-15(2)33)11-10-18(24(16)17)27(31)36/h3-13,34H,1-2H3,(H,28,33). The molecule has 1 aliphatic rings. The summed E-state index contributed by atoms with van der Waals surface area (Å²) in [6.07, 6.45) is 0. The minimum absolute atomic E-state index is 0.0370. The number of nitrogens with one attached hydrogen (secondary N) is 1. The number of aromatic nitrogens is 3. The van der Waals surface area contributed by atoms with Crippen molar-refractivity contribution in [3.63, 3.8) is 0 Å². The van der Waals surface area contributed by atoms with Crippen LogP contribution in [0.4, 0.5) is 11.4 Å². The van der Waals surface area contributed by atoms with Crippen molar-refractivity contribution in [3.05, 3.63) is 83.4 Å². The van der Waals surface area contributed by atoms with Gasteiger partial charge in [-0.2, -0.15) is 0 Å². The normalized spacial score (nSPS) is 13.0. The van der Waals surface area contributed by atoms with E-state index in [0.29, 0.717) is 44.2 Å². The van der Waals surface area contributed by atoms with Crippen LogP contribution >= 0.6 is 0 Å². The van der Waals surface area contributed by atoms with Gasteiger partial charge in [-0.25, -0.2) is 4.90 Å². The first-order valence-electron chi connectivity index (χ1n) is 11.2. The van der Waals surface area contributed by atoms with E-state index in [1.165, 1.54) is 11.7 Å². The highest BCUT2D eigenvalue weighted by Gasteiger charge is 2.36. The molecule has 6 rings (SSSR count). The SMILES string of the molecule is CC(=O)Nc1ccc2c3c(cccc13)C(=O)N(c1cc(C)cc(-n3nc4ccccc4n3)c1O)C2=O. The van der Waals surface area contributed by atoms with E-state index in [1.54, 1.807) is 61.5 Å². The van der Waals surface area contributed by atoms with Gasteiger partial charge >= 0.3 is 0 Å². The highest BCUT2D eigenvalue weighted by atomic mass is 16.3. The monoisotopic (exact) mass is 477 g/mol. The number of aryl methyl sites for hydroxylation is 1. The zero-order valence-electron chi connectivity index (χ0n) is 19.3. The van der Waals surface area contributed by atoms with Gasteiger partial charge in [0.1, 0.15) is 16.7 Å². The zero-order chi connectivity index (χ0) is 25.1. The van der Waals surface area contributed by atoms with Crippen LogP contribution in [0.2, 0.25) is 0 Å². The summed E-state index contributed by atoms with van der Waals surface area (Å²) in [5.41, 5.74) is 3.35. The lowest BCUT2D eigenvalue weighted by atomic mass is 9.92. The van der Waals surface area contributed by atoms with Crippen molar-refractivity contribution in [2.45, 2.75) is 13.8 Å². The molecule has 0 unspecified atom stereocenters. The van der Waals surface area contributed by atoms with Crippen LogP contribution in [0.15, 0.2) is 66.7 Å². The molecule has 176 valence electrons. The third-order valence-corrected chi connectivity index (χ3v) is 6.18. The molecule has 36 heavy (non-hydrogen) atoms. The number of carbonyl (C=O) groups is 3. The lowest BCUT2D eigenvalue weighted by Gasteiger charge is -2.29. The Morgan fingerprint density at radius 3 is 2.17 bits per heavy atom. The molecule has 0 bridgehead atoms. The number of benzene rings is 4. The molecule has 2 heterocycles. The number of carbonyl (C=O) groups excluding carboxylic acids is 3. The highest BCUT2D eigenvalue weighted by molar-refractivity contribution is 6.37. The predicted octanol–water partition coefficient (Wildman–Crippen LogP) is 4.35. The van der Waals surface area contributed by atoms with E-state index >= 15 is 0 Å². The second-order valence-corrected chi connectivity index (χ2v) is 8.65. The van der Waals surface area contributed by atoms with Gasteiger partial charge in [0.15, 0.2) is 5.75 Å². The average molecular weight is 477 g/mol. The molecule has 9 nitrogen and oxygen atoms in total. The lowest BCUT2D eigenvalue weighted by molar-refractivity contribution is -0.114. The Labute approximate surface area is 204 Å². The number of fused-ring (bicyclic) bond motifs is 1. The first-order chi connectivity index (χ1) is 17.3. The maximum Gasteiger partial charge on any atom is 0.266 e. The van der Waals surface area contributed by atoms with E-state index in [1.807, 2.05) is 12.1 Å². The van der Waals surface area contributed by atoms with Crippen LogP contribution in [-0.2, 0) is 4.79 Å². The molecule has 0 radical (unpaired) electrons. The van der Waals surface area contributed by atoms with Crippen molar-refractivity contribution >= 4 is 50.9 Å². The van der Waals surface area contributed by atoms with Crippen LogP contribution in [0.1, 0.15) is 33.2 Å². The molecule has 1 aliphatic heterocycles. The van der Waals surface area contributed by atoms with E-state index in [4.69, 9.17) is 0 Å². The molecular formula is C27H19N5O4. The van der Waals surface area contributed by atoms with Crippen molar-refractivity contribution < 1.29 is 19.5 Å². The summed E-state index contributed by atoms with van der Waals surface area (Å²) in [5, 5.41) is 23.9.